The third kappa shape index (κ3) is 4.27. The highest BCUT2D eigenvalue weighted by atomic mass is 28.3. The predicted octanol–water partition coefficient (Wildman–Crippen LogP) is 7.42. The highest BCUT2D eigenvalue weighted by Gasteiger charge is 2.51. The van der Waals surface area contributed by atoms with Gasteiger partial charge < -0.3 is 9.64 Å². The molecule has 0 aliphatic carbocycles. The Bertz CT molecular complexity index is 3000. The molecule has 0 atom stereocenters. The number of nitrogens with zero attached hydrogens (tertiary/aromatic N) is 1. The van der Waals surface area contributed by atoms with Crippen LogP contribution in [0, 0.1) is 6.92 Å². The van der Waals surface area contributed by atoms with Crippen molar-refractivity contribution in [1.82, 2.24) is 0 Å². The van der Waals surface area contributed by atoms with E-state index in [0.29, 0.717) is 0 Å². The predicted molar refractivity (Wildman–Crippen MR) is 225 cm³/mol. The first-order valence-electron chi connectivity index (χ1n) is 21.0. The summed E-state index contributed by atoms with van der Waals surface area (Å²) in [5.41, 5.74) is 11.5. The van der Waals surface area contributed by atoms with E-state index in [1.165, 1.54) is 0 Å². The van der Waals surface area contributed by atoms with Crippen LogP contribution >= 0.6 is 0 Å². The van der Waals surface area contributed by atoms with Crippen molar-refractivity contribution in [2.75, 3.05) is 4.90 Å². The van der Waals surface area contributed by atoms with Crippen molar-refractivity contribution < 1.29 is 13.0 Å². The van der Waals surface area contributed by atoms with Crippen LogP contribution in [0.1, 0.15) is 13.8 Å². The molecule has 2 nitrogen and oxygen atoms in total. The zero-order valence-corrected chi connectivity index (χ0v) is 29.9. The van der Waals surface area contributed by atoms with Gasteiger partial charge in [-0.05, 0) is 96.6 Å². The molecular formula is C49H34BNOSi. The zero-order valence-electron chi connectivity index (χ0n) is 34.9. The monoisotopic (exact) mass is 697 g/mol. The Morgan fingerprint density at radius 2 is 1.17 bits per heavy atom. The van der Waals surface area contributed by atoms with Gasteiger partial charge in [0, 0.05) is 16.9 Å². The molecule has 0 radical (unpaired) electrons. The molecule has 11 rings (SSSR count). The molecule has 0 saturated carbocycles. The van der Waals surface area contributed by atoms with E-state index in [4.69, 9.17) is 13.0 Å². The lowest BCUT2D eigenvalue weighted by atomic mass is 9.34. The SMILES string of the molecule is [2H]c1cc([Si]2(c3cc([2H])c([2H])c([2H])c3)c3ccccc3-c3cc4c(cc32)B2c3ccccc3Oc3cc(C)cc(c32)N4c2ccccc2-c2ccccc2)cc([2H])c1[2H]. The Morgan fingerprint density at radius 1 is 0.509 bits per heavy atom. The second-order valence-electron chi connectivity index (χ2n) is 14.1. The number of hydrogen-bond donors (Lipinski definition) is 0. The summed E-state index contributed by atoms with van der Waals surface area (Å²) in [5, 5.41) is 3.50. The third-order valence-corrected chi connectivity index (χ3v) is 16.1. The molecule has 0 saturated heterocycles. The second kappa shape index (κ2) is 11.6. The van der Waals surface area contributed by atoms with Gasteiger partial charge in [0.25, 0.3) is 6.71 Å². The van der Waals surface area contributed by atoms with Crippen LogP contribution in [-0.4, -0.2) is 14.8 Å². The van der Waals surface area contributed by atoms with Crippen LogP contribution in [0.25, 0.3) is 22.3 Å². The lowest BCUT2D eigenvalue weighted by Crippen LogP contribution is -2.73. The molecule has 3 aliphatic heterocycles. The van der Waals surface area contributed by atoms with Crippen LogP contribution in [0.15, 0.2) is 188 Å². The number of ether oxygens (including phenoxy) is 1. The van der Waals surface area contributed by atoms with E-state index in [9.17, 15) is 0 Å². The fraction of sp³-hybridized carbons (Fsp3) is 0.0204. The quantitative estimate of drug-likeness (QED) is 0.178. The number of fused-ring (bicyclic) bond motifs is 7. The van der Waals surface area contributed by atoms with Gasteiger partial charge in [0.15, 0.2) is 8.07 Å². The summed E-state index contributed by atoms with van der Waals surface area (Å²) in [6, 6.07) is 50.9. The summed E-state index contributed by atoms with van der Waals surface area (Å²) in [5.74, 6) is 1.60. The number of anilines is 3. The van der Waals surface area contributed by atoms with E-state index in [1.54, 1.807) is 24.3 Å². The standard InChI is InChI=1S/C49H34BNOSi/c1-33-29-44-49-46(30-33)52-45-27-15-13-25-40(45)50(49)41-32-48-39(31-43(41)51(44)42-26-14-11-23-37(42)34-17-5-2-6-18-34)38-24-12-16-28-47(38)53(48,35-19-7-3-8-20-35)36-21-9-4-10-22-36/h2-32H,1H3/i3D,4D,7D,8D,9D,10D. The Morgan fingerprint density at radius 3 is 1.94 bits per heavy atom. The van der Waals surface area contributed by atoms with Crippen LogP contribution in [-0.2, 0) is 0 Å². The third-order valence-electron chi connectivity index (χ3n) is 11.3. The maximum atomic E-state index is 8.93. The summed E-state index contributed by atoms with van der Waals surface area (Å²) in [6.07, 6.45) is 0. The fourth-order valence-corrected chi connectivity index (χ4v) is 14.2. The number of rotatable bonds is 4. The molecule has 8 aromatic carbocycles. The fourth-order valence-electron chi connectivity index (χ4n) is 9.23. The summed E-state index contributed by atoms with van der Waals surface area (Å²) in [4.78, 5) is 2.39. The van der Waals surface area contributed by atoms with Gasteiger partial charge in [0.2, 0.25) is 0 Å². The van der Waals surface area contributed by atoms with Gasteiger partial charge in [0.1, 0.15) is 11.5 Å². The Balaban J connectivity index is 1.31. The van der Waals surface area contributed by atoms with Gasteiger partial charge in [-0.25, -0.2) is 0 Å². The van der Waals surface area contributed by atoms with Gasteiger partial charge in [0.05, 0.1) is 13.9 Å². The molecule has 0 amide bonds. The van der Waals surface area contributed by atoms with Crippen molar-refractivity contribution in [3.63, 3.8) is 0 Å². The van der Waals surface area contributed by atoms with Gasteiger partial charge in [-0.2, -0.15) is 0 Å². The summed E-state index contributed by atoms with van der Waals surface area (Å²) in [7, 11) is -3.55. The summed E-state index contributed by atoms with van der Waals surface area (Å²) in [6.45, 7) is 1.89. The normalized spacial score (nSPS) is 15.6. The number of aryl methyl sites for hydroxylation is 1. The average molecular weight is 698 g/mol. The van der Waals surface area contributed by atoms with E-state index < -0.39 is 8.07 Å². The van der Waals surface area contributed by atoms with Gasteiger partial charge in [-0.15, -0.1) is 0 Å². The molecule has 248 valence electrons. The molecule has 0 N–H and O–H groups in total. The molecule has 0 fully saturated rings. The topological polar surface area (TPSA) is 12.5 Å². The van der Waals surface area contributed by atoms with Crippen molar-refractivity contribution in [2.24, 2.45) is 0 Å². The highest BCUT2D eigenvalue weighted by molar-refractivity contribution is 7.22. The molecule has 8 aromatic rings. The number of benzene rings is 8. The largest absolute Gasteiger partial charge is 0.458 e. The minimum absolute atomic E-state index is 0.0476. The van der Waals surface area contributed by atoms with Crippen molar-refractivity contribution in [3.05, 3.63) is 193 Å². The first-order chi connectivity index (χ1) is 28.6. The van der Waals surface area contributed by atoms with E-state index in [0.717, 1.165) is 93.5 Å². The van der Waals surface area contributed by atoms with Crippen LogP contribution in [0.3, 0.4) is 0 Å². The van der Waals surface area contributed by atoms with Crippen LogP contribution in [0.2, 0.25) is 0 Å². The van der Waals surface area contributed by atoms with E-state index >= 15 is 0 Å². The zero-order chi connectivity index (χ0) is 40.3. The van der Waals surface area contributed by atoms with Gasteiger partial charge >= 0.3 is 0 Å². The molecular weight excluding hydrogens is 657 g/mol. The smallest absolute Gasteiger partial charge is 0.256 e. The number of para-hydroxylation sites is 2. The second-order valence-corrected chi connectivity index (χ2v) is 17.8. The highest BCUT2D eigenvalue weighted by Crippen LogP contribution is 2.46. The Labute approximate surface area is 320 Å². The first-order valence-corrected chi connectivity index (χ1v) is 20.0. The van der Waals surface area contributed by atoms with Crippen molar-refractivity contribution in [1.29, 1.82) is 0 Å². The Hall–Kier alpha value is -6.36. The number of hydrogen-bond acceptors (Lipinski definition) is 2. The molecule has 3 heterocycles. The van der Waals surface area contributed by atoms with Crippen LogP contribution in [0.5, 0.6) is 11.5 Å². The minimum atomic E-state index is -3.55. The lowest BCUT2D eigenvalue weighted by Gasteiger charge is -2.42. The molecule has 3 aliphatic rings. The van der Waals surface area contributed by atoms with Crippen LogP contribution in [0.4, 0.5) is 17.1 Å². The van der Waals surface area contributed by atoms with E-state index in [1.807, 2.05) is 30.3 Å². The summed E-state index contributed by atoms with van der Waals surface area (Å²) >= 11 is 0. The van der Waals surface area contributed by atoms with Crippen molar-refractivity contribution in [2.45, 2.75) is 6.92 Å². The van der Waals surface area contributed by atoms with Gasteiger partial charge in [-0.1, -0.05) is 158 Å². The molecule has 0 aromatic heterocycles. The average Bonchev–Trinajstić information content (AvgIpc) is 3.53. The van der Waals surface area contributed by atoms with Crippen molar-refractivity contribution >= 4 is 69.0 Å². The van der Waals surface area contributed by atoms with Crippen LogP contribution < -0.4 is 46.8 Å². The summed E-state index contributed by atoms with van der Waals surface area (Å²) < 4.78 is 59.6. The lowest BCUT2D eigenvalue weighted by molar-refractivity contribution is 0.487. The van der Waals surface area contributed by atoms with Gasteiger partial charge in [-0.3, -0.25) is 0 Å². The molecule has 0 unspecified atom stereocenters. The maximum absolute atomic E-state index is 8.93. The molecule has 53 heavy (non-hydrogen) atoms. The van der Waals surface area contributed by atoms with E-state index in [-0.39, 0.29) is 43.0 Å². The van der Waals surface area contributed by atoms with Crippen molar-refractivity contribution in [3.8, 4) is 33.8 Å². The van der Waals surface area contributed by atoms with E-state index in [2.05, 4.69) is 109 Å². The molecule has 0 bridgehead atoms. The Kier molecular flexibility index (Phi) is 5.41. The maximum Gasteiger partial charge on any atom is 0.256 e. The molecule has 4 heteroatoms. The minimum Gasteiger partial charge on any atom is -0.458 e. The molecule has 0 spiro atoms. The first kappa shape index (κ1) is 24.8.